The average molecular weight is 365 g/mol. The molecular formula is C16H20Cl3NO2. The molecule has 122 valence electrons. The lowest BCUT2D eigenvalue weighted by molar-refractivity contribution is 0.0493. The van der Waals surface area contributed by atoms with E-state index in [0.29, 0.717) is 16.3 Å². The van der Waals surface area contributed by atoms with Crippen molar-refractivity contribution in [2.45, 2.75) is 44.2 Å². The van der Waals surface area contributed by atoms with Gasteiger partial charge in [0.05, 0.1) is 10.6 Å². The summed E-state index contributed by atoms with van der Waals surface area (Å²) in [5.74, 6) is 0.712. The summed E-state index contributed by atoms with van der Waals surface area (Å²) in [6.45, 7) is 2.22. The average Bonchev–Trinajstić information content (AvgIpc) is 2.38. The van der Waals surface area contributed by atoms with Crippen LogP contribution < -0.4 is 4.74 Å². The Balaban J connectivity index is 0.00000176. The molecule has 2 fully saturated rings. The molecule has 3 rings (SSSR count). The maximum Gasteiger partial charge on any atom is 0.253 e. The van der Waals surface area contributed by atoms with Crippen LogP contribution in [-0.2, 0) is 0 Å². The maximum absolute atomic E-state index is 11.1. The van der Waals surface area contributed by atoms with E-state index in [1.54, 1.807) is 18.2 Å². The number of nitrogens with zero attached hydrogens (tertiary/aromatic N) is 1. The van der Waals surface area contributed by atoms with Crippen molar-refractivity contribution in [3.8, 4) is 5.75 Å². The van der Waals surface area contributed by atoms with E-state index in [4.69, 9.17) is 27.9 Å². The SMILES string of the molecule is Cl.O=C(Cl)c1ccc(OC2CCN(C3CCC3)CC2)cc1Cl. The van der Waals surface area contributed by atoms with Crippen LogP contribution in [0.15, 0.2) is 18.2 Å². The van der Waals surface area contributed by atoms with E-state index < -0.39 is 5.24 Å². The molecule has 1 saturated carbocycles. The summed E-state index contributed by atoms with van der Waals surface area (Å²) in [5, 5.41) is -0.195. The maximum atomic E-state index is 11.1. The molecular weight excluding hydrogens is 345 g/mol. The summed E-state index contributed by atoms with van der Waals surface area (Å²) in [4.78, 5) is 13.7. The van der Waals surface area contributed by atoms with E-state index in [1.165, 1.54) is 19.3 Å². The van der Waals surface area contributed by atoms with Gasteiger partial charge in [0.25, 0.3) is 5.24 Å². The topological polar surface area (TPSA) is 29.5 Å². The minimum absolute atomic E-state index is 0. The molecule has 6 heteroatoms. The Bertz CT molecular complexity index is 526. The Morgan fingerprint density at radius 1 is 1.18 bits per heavy atom. The molecule has 1 heterocycles. The molecule has 0 N–H and O–H groups in total. The highest BCUT2D eigenvalue weighted by Gasteiger charge is 2.29. The van der Waals surface area contributed by atoms with Gasteiger partial charge in [0.2, 0.25) is 0 Å². The summed E-state index contributed by atoms with van der Waals surface area (Å²) >= 11 is 11.5. The molecule has 1 aliphatic heterocycles. The number of benzene rings is 1. The van der Waals surface area contributed by atoms with Gasteiger partial charge in [-0.25, -0.2) is 0 Å². The molecule has 0 radical (unpaired) electrons. The summed E-state index contributed by atoms with van der Waals surface area (Å²) in [6, 6.07) is 5.88. The number of ether oxygens (including phenoxy) is 1. The lowest BCUT2D eigenvalue weighted by atomic mass is 9.90. The Morgan fingerprint density at radius 2 is 1.86 bits per heavy atom. The Labute approximate surface area is 147 Å². The number of rotatable bonds is 4. The van der Waals surface area contributed by atoms with Crippen LogP contribution in [0.3, 0.4) is 0 Å². The van der Waals surface area contributed by atoms with E-state index in [9.17, 15) is 4.79 Å². The third-order valence-electron chi connectivity index (χ3n) is 4.52. The number of likely N-dealkylation sites (tertiary alicyclic amines) is 1. The van der Waals surface area contributed by atoms with Gasteiger partial charge in [0.1, 0.15) is 11.9 Å². The lowest BCUT2D eigenvalue weighted by Crippen LogP contribution is -2.46. The van der Waals surface area contributed by atoms with Crippen LogP contribution in [0.1, 0.15) is 42.5 Å². The van der Waals surface area contributed by atoms with Crippen LogP contribution in [-0.4, -0.2) is 35.4 Å². The van der Waals surface area contributed by atoms with E-state index in [1.807, 2.05) is 0 Å². The van der Waals surface area contributed by atoms with E-state index in [2.05, 4.69) is 4.90 Å². The predicted molar refractivity (Wildman–Crippen MR) is 91.7 cm³/mol. The summed E-state index contributed by atoms with van der Waals surface area (Å²) in [7, 11) is 0. The highest BCUT2D eigenvalue weighted by atomic mass is 35.5. The highest BCUT2D eigenvalue weighted by molar-refractivity contribution is 6.68. The van der Waals surface area contributed by atoms with Gasteiger partial charge in [0.15, 0.2) is 0 Å². The minimum atomic E-state index is -0.541. The molecule has 22 heavy (non-hydrogen) atoms. The van der Waals surface area contributed by atoms with Gasteiger partial charge in [-0.3, -0.25) is 4.79 Å². The quantitative estimate of drug-likeness (QED) is 0.735. The van der Waals surface area contributed by atoms with Crippen molar-refractivity contribution >= 4 is 40.9 Å². The molecule has 1 aliphatic carbocycles. The largest absolute Gasteiger partial charge is 0.490 e. The fourth-order valence-electron chi connectivity index (χ4n) is 3.03. The number of carbonyl (C=O) groups is 1. The van der Waals surface area contributed by atoms with Crippen molar-refractivity contribution in [1.29, 1.82) is 0 Å². The van der Waals surface area contributed by atoms with Crippen molar-refractivity contribution in [2.75, 3.05) is 13.1 Å². The third-order valence-corrected chi connectivity index (χ3v) is 5.04. The smallest absolute Gasteiger partial charge is 0.253 e. The summed E-state index contributed by atoms with van der Waals surface area (Å²) < 4.78 is 5.99. The standard InChI is InChI=1S/C16H19Cl2NO2.ClH/c17-15-10-13(4-5-14(15)16(18)20)21-12-6-8-19(9-7-12)11-2-1-3-11;/h4-5,10-12H,1-3,6-9H2;1H. The molecule has 1 aromatic carbocycles. The van der Waals surface area contributed by atoms with Crippen molar-refractivity contribution in [1.82, 2.24) is 4.90 Å². The molecule has 0 spiro atoms. The number of hydrogen-bond acceptors (Lipinski definition) is 3. The second-order valence-corrected chi connectivity index (χ2v) is 6.60. The Hall–Kier alpha value is -0.480. The fourth-order valence-corrected chi connectivity index (χ4v) is 3.50. The summed E-state index contributed by atoms with van der Waals surface area (Å²) in [6.07, 6.45) is 6.42. The zero-order valence-corrected chi connectivity index (χ0v) is 14.6. The van der Waals surface area contributed by atoms with Crippen LogP contribution in [0.25, 0.3) is 0 Å². The van der Waals surface area contributed by atoms with E-state index >= 15 is 0 Å². The van der Waals surface area contributed by atoms with Crippen molar-refractivity contribution < 1.29 is 9.53 Å². The molecule has 0 unspecified atom stereocenters. The van der Waals surface area contributed by atoms with Crippen molar-refractivity contribution in [3.63, 3.8) is 0 Å². The molecule has 0 amide bonds. The molecule has 1 saturated heterocycles. The van der Waals surface area contributed by atoms with Gasteiger partial charge < -0.3 is 9.64 Å². The first kappa shape index (κ1) is 17.9. The molecule has 0 aromatic heterocycles. The fraction of sp³-hybridized carbons (Fsp3) is 0.562. The highest BCUT2D eigenvalue weighted by Crippen LogP contribution is 2.29. The van der Waals surface area contributed by atoms with Gasteiger partial charge in [-0.2, -0.15) is 0 Å². The first-order chi connectivity index (χ1) is 10.1. The van der Waals surface area contributed by atoms with Gasteiger partial charge in [-0.05, 0) is 55.5 Å². The summed E-state index contributed by atoms with van der Waals surface area (Å²) in [5.41, 5.74) is 0.325. The Morgan fingerprint density at radius 3 is 2.36 bits per heavy atom. The lowest BCUT2D eigenvalue weighted by Gasteiger charge is -2.41. The van der Waals surface area contributed by atoms with Gasteiger partial charge in [-0.15, -0.1) is 12.4 Å². The molecule has 1 aromatic rings. The zero-order chi connectivity index (χ0) is 14.8. The number of carbonyl (C=O) groups excluding carboxylic acids is 1. The third kappa shape index (κ3) is 4.08. The number of piperidine rings is 1. The first-order valence-electron chi connectivity index (χ1n) is 7.53. The number of halogens is 3. The van der Waals surface area contributed by atoms with Gasteiger partial charge in [-0.1, -0.05) is 18.0 Å². The van der Waals surface area contributed by atoms with E-state index in [-0.39, 0.29) is 18.5 Å². The second-order valence-electron chi connectivity index (χ2n) is 5.85. The first-order valence-corrected chi connectivity index (χ1v) is 8.29. The van der Waals surface area contributed by atoms with E-state index in [0.717, 1.165) is 32.0 Å². The van der Waals surface area contributed by atoms with Crippen molar-refractivity contribution in [3.05, 3.63) is 28.8 Å². The van der Waals surface area contributed by atoms with Crippen LogP contribution in [0.5, 0.6) is 5.75 Å². The Kier molecular flexibility index (Phi) is 6.39. The monoisotopic (exact) mass is 363 g/mol. The molecule has 3 nitrogen and oxygen atoms in total. The molecule has 0 bridgehead atoms. The zero-order valence-electron chi connectivity index (χ0n) is 12.3. The predicted octanol–water partition coefficient (Wildman–Crippen LogP) is 4.54. The minimum Gasteiger partial charge on any atom is -0.490 e. The number of hydrogen-bond donors (Lipinski definition) is 0. The molecule has 0 atom stereocenters. The molecule has 2 aliphatic rings. The van der Waals surface area contributed by atoms with Crippen molar-refractivity contribution in [2.24, 2.45) is 0 Å². The van der Waals surface area contributed by atoms with Crippen LogP contribution >= 0.6 is 35.6 Å². The normalized spacial score (nSPS) is 20.1. The van der Waals surface area contributed by atoms with Crippen LogP contribution in [0.4, 0.5) is 0 Å². The van der Waals surface area contributed by atoms with Gasteiger partial charge >= 0.3 is 0 Å². The van der Waals surface area contributed by atoms with Gasteiger partial charge in [0, 0.05) is 19.1 Å². The van der Waals surface area contributed by atoms with Crippen LogP contribution in [0, 0.1) is 0 Å². The second kappa shape index (κ2) is 7.87. The van der Waals surface area contributed by atoms with Crippen LogP contribution in [0.2, 0.25) is 5.02 Å².